The predicted octanol–water partition coefficient (Wildman–Crippen LogP) is 0.744. The minimum atomic E-state index is -4.41. The van der Waals surface area contributed by atoms with E-state index in [1.165, 1.54) is 0 Å². The fourth-order valence-electron chi connectivity index (χ4n) is 0.642. The fraction of sp³-hybridized carbons (Fsp3) is 0.400. The number of alkyl halides is 3. The number of amides is 2. The molecule has 0 fully saturated rings. The van der Waals surface area contributed by atoms with Crippen molar-refractivity contribution >= 4 is 6.03 Å². The first kappa shape index (κ1) is 7.90. The van der Waals surface area contributed by atoms with Crippen LogP contribution < -0.4 is 10.6 Å². The van der Waals surface area contributed by atoms with E-state index in [1.54, 1.807) is 5.32 Å². The van der Waals surface area contributed by atoms with Crippen LogP contribution >= 0.6 is 0 Å². The Balaban J connectivity index is 2.68. The van der Waals surface area contributed by atoms with Gasteiger partial charge in [-0.2, -0.15) is 13.2 Å². The van der Waals surface area contributed by atoms with Crippen molar-refractivity contribution in [3.05, 3.63) is 12.3 Å². The maximum Gasteiger partial charge on any atom is 0.412 e. The van der Waals surface area contributed by atoms with Crippen molar-refractivity contribution in [3.63, 3.8) is 0 Å². The van der Waals surface area contributed by atoms with E-state index in [9.17, 15) is 18.0 Å². The third kappa shape index (κ3) is 1.86. The molecule has 1 atom stereocenters. The van der Waals surface area contributed by atoms with Gasteiger partial charge in [0.2, 0.25) is 0 Å². The van der Waals surface area contributed by atoms with Crippen molar-refractivity contribution in [2.45, 2.75) is 12.2 Å². The second kappa shape index (κ2) is 2.44. The smallest absolute Gasteiger partial charge is 0.323 e. The molecule has 0 aromatic heterocycles. The first-order valence-corrected chi connectivity index (χ1v) is 2.80. The van der Waals surface area contributed by atoms with Crippen LogP contribution in [0.3, 0.4) is 0 Å². The molecule has 0 saturated carbocycles. The van der Waals surface area contributed by atoms with Crippen molar-refractivity contribution in [1.82, 2.24) is 10.6 Å². The van der Waals surface area contributed by atoms with Gasteiger partial charge in [-0.1, -0.05) is 0 Å². The average Bonchev–Trinajstić information content (AvgIpc) is 1.86. The van der Waals surface area contributed by atoms with E-state index in [0.717, 1.165) is 12.3 Å². The summed E-state index contributed by atoms with van der Waals surface area (Å²) in [7, 11) is 0. The molecule has 0 saturated heterocycles. The first-order valence-electron chi connectivity index (χ1n) is 2.80. The number of carbonyl (C=O) groups excluding carboxylic acids is 1. The van der Waals surface area contributed by atoms with Crippen LogP contribution in [0.5, 0.6) is 0 Å². The van der Waals surface area contributed by atoms with Crippen LogP contribution in [0, 0.1) is 0 Å². The summed E-state index contributed by atoms with van der Waals surface area (Å²) >= 11 is 0. The highest BCUT2D eigenvalue weighted by molar-refractivity contribution is 5.76. The van der Waals surface area contributed by atoms with Gasteiger partial charge in [0.15, 0.2) is 0 Å². The van der Waals surface area contributed by atoms with Gasteiger partial charge in [-0.3, -0.25) is 0 Å². The zero-order valence-corrected chi connectivity index (χ0v) is 5.27. The molecule has 11 heavy (non-hydrogen) atoms. The van der Waals surface area contributed by atoms with E-state index in [0.29, 0.717) is 0 Å². The molecule has 1 heterocycles. The van der Waals surface area contributed by atoms with Crippen molar-refractivity contribution < 1.29 is 18.0 Å². The lowest BCUT2D eigenvalue weighted by atomic mass is 10.2. The van der Waals surface area contributed by atoms with E-state index in [1.807, 2.05) is 0 Å². The topological polar surface area (TPSA) is 41.1 Å². The molecule has 0 bridgehead atoms. The minimum absolute atomic E-state index is 0.835. The number of carbonyl (C=O) groups is 1. The molecule has 0 radical (unpaired) electrons. The molecule has 2 amide bonds. The van der Waals surface area contributed by atoms with Crippen LogP contribution in [0.2, 0.25) is 0 Å². The third-order valence-electron chi connectivity index (χ3n) is 1.14. The number of hydrogen-bond acceptors (Lipinski definition) is 1. The Morgan fingerprint density at radius 1 is 1.45 bits per heavy atom. The Bertz CT molecular complexity index is 198. The second-order valence-electron chi connectivity index (χ2n) is 2.00. The lowest BCUT2D eigenvalue weighted by Crippen LogP contribution is -2.50. The molecule has 1 rings (SSSR count). The van der Waals surface area contributed by atoms with Gasteiger partial charge < -0.3 is 10.6 Å². The van der Waals surface area contributed by atoms with Crippen molar-refractivity contribution in [1.29, 1.82) is 0 Å². The van der Waals surface area contributed by atoms with E-state index < -0.39 is 18.2 Å². The molecule has 2 N–H and O–H groups in total. The predicted molar refractivity (Wildman–Crippen MR) is 30.7 cm³/mol. The molecule has 62 valence electrons. The molecule has 0 spiro atoms. The van der Waals surface area contributed by atoms with Crippen LogP contribution in [0.25, 0.3) is 0 Å². The van der Waals surface area contributed by atoms with Gasteiger partial charge in [0.1, 0.15) is 6.04 Å². The second-order valence-corrected chi connectivity index (χ2v) is 2.00. The molecule has 1 aliphatic heterocycles. The maximum absolute atomic E-state index is 11.8. The third-order valence-corrected chi connectivity index (χ3v) is 1.14. The normalized spacial score (nSPS) is 24.3. The highest BCUT2D eigenvalue weighted by atomic mass is 19.4. The summed E-state index contributed by atoms with van der Waals surface area (Å²) in [5.74, 6) is 0. The molecule has 0 aliphatic carbocycles. The van der Waals surface area contributed by atoms with Crippen LogP contribution in [0.1, 0.15) is 0 Å². The van der Waals surface area contributed by atoms with Gasteiger partial charge in [0.05, 0.1) is 0 Å². The zero-order chi connectivity index (χ0) is 8.48. The molecular weight excluding hydrogens is 161 g/mol. The standard InChI is InChI=1S/C5H5F3N2O/c6-5(7,8)3-1-2-9-4(11)10-3/h1-3H,(H2,9,10,11). The van der Waals surface area contributed by atoms with Gasteiger partial charge in [0, 0.05) is 6.20 Å². The molecule has 3 nitrogen and oxygen atoms in total. The van der Waals surface area contributed by atoms with Crippen molar-refractivity contribution in [3.8, 4) is 0 Å². The number of nitrogens with one attached hydrogen (secondary N) is 2. The summed E-state index contributed by atoms with van der Waals surface area (Å²) < 4.78 is 35.5. The Morgan fingerprint density at radius 3 is 2.45 bits per heavy atom. The van der Waals surface area contributed by atoms with Crippen LogP contribution in [0.15, 0.2) is 12.3 Å². The molecule has 0 aromatic rings. The first-order chi connectivity index (χ1) is 5.00. The quantitative estimate of drug-likeness (QED) is 0.547. The van der Waals surface area contributed by atoms with E-state index in [4.69, 9.17) is 0 Å². The lowest BCUT2D eigenvalue weighted by molar-refractivity contribution is -0.142. The summed E-state index contributed by atoms with van der Waals surface area (Å²) in [6.07, 6.45) is -2.60. The summed E-state index contributed by atoms with van der Waals surface area (Å²) in [5, 5.41) is 3.75. The summed E-state index contributed by atoms with van der Waals surface area (Å²) in [4.78, 5) is 10.3. The Labute approximate surface area is 60.3 Å². The van der Waals surface area contributed by atoms with Crippen LogP contribution in [-0.2, 0) is 0 Å². The maximum atomic E-state index is 11.8. The number of rotatable bonds is 0. The zero-order valence-electron chi connectivity index (χ0n) is 5.27. The number of urea groups is 1. The highest BCUT2D eigenvalue weighted by Gasteiger charge is 2.39. The lowest BCUT2D eigenvalue weighted by Gasteiger charge is -2.20. The molecule has 0 aromatic carbocycles. The van der Waals surface area contributed by atoms with E-state index in [2.05, 4.69) is 5.32 Å². The molecule has 1 unspecified atom stereocenters. The van der Waals surface area contributed by atoms with Crippen LogP contribution in [0.4, 0.5) is 18.0 Å². The van der Waals surface area contributed by atoms with Gasteiger partial charge in [-0.25, -0.2) is 4.79 Å². The Hall–Kier alpha value is -1.20. The SMILES string of the molecule is O=C1NC=CC(C(F)(F)F)N1. The van der Waals surface area contributed by atoms with Crippen molar-refractivity contribution in [2.24, 2.45) is 0 Å². The van der Waals surface area contributed by atoms with Gasteiger partial charge in [-0.05, 0) is 6.08 Å². The van der Waals surface area contributed by atoms with Gasteiger partial charge in [-0.15, -0.1) is 0 Å². The summed E-state index contributed by atoms with van der Waals surface area (Å²) in [6, 6.07) is -2.70. The molecule has 6 heteroatoms. The highest BCUT2D eigenvalue weighted by Crippen LogP contribution is 2.21. The Kier molecular flexibility index (Phi) is 1.76. The molecular formula is C5H5F3N2O. The van der Waals surface area contributed by atoms with E-state index >= 15 is 0 Å². The molecule has 1 aliphatic rings. The van der Waals surface area contributed by atoms with Gasteiger partial charge >= 0.3 is 12.2 Å². The Morgan fingerprint density at radius 2 is 2.09 bits per heavy atom. The average molecular weight is 166 g/mol. The minimum Gasteiger partial charge on any atom is -0.323 e. The van der Waals surface area contributed by atoms with E-state index in [-0.39, 0.29) is 0 Å². The number of hydrogen-bond donors (Lipinski definition) is 2. The summed E-state index contributed by atoms with van der Waals surface area (Å²) in [6.45, 7) is 0. The fourth-order valence-corrected chi connectivity index (χ4v) is 0.642. The monoisotopic (exact) mass is 166 g/mol. The number of halogens is 3. The van der Waals surface area contributed by atoms with Gasteiger partial charge in [0.25, 0.3) is 0 Å². The van der Waals surface area contributed by atoms with Crippen LogP contribution in [-0.4, -0.2) is 18.2 Å². The summed E-state index contributed by atoms with van der Waals surface area (Å²) in [5.41, 5.74) is 0. The van der Waals surface area contributed by atoms with Crippen molar-refractivity contribution in [2.75, 3.05) is 0 Å². The largest absolute Gasteiger partial charge is 0.412 e.